The van der Waals surface area contributed by atoms with Crippen LogP contribution in [-0.2, 0) is 0 Å². The molecule has 0 bridgehead atoms. The van der Waals surface area contributed by atoms with Crippen molar-refractivity contribution in [1.82, 2.24) is 0 Å². The van der Waals surface area contributed by atoms with E-state index in [-0.39, 0.29) is 5.41 Å². The zero-order valence-electron chi connectivity index (χ0n) is 21.6. The normalized spacial score (nSPS) is 50.7. The van der Waals surface area contributed by atoms with Gasteiger partial charge in [-0.1, -0.05) is 53.7 Å². The molecule has 0 aliphatic heterocycles. The van der Waals surface area contributed by atoms with Gasteiger partial charge in [0.2, 0.25) is 0 Å². The molecule has 0 amide bonds. The second-order valence-electron chi connectivity index (χ2n) is 13.2. The van der Waals surface area contributed by atoms with Crippen molar-refractivity contribution < 1.29 is 15.3 Å². The summed E-state index contributed by atoms with van der Waals surface area (Å²) < 4.78 is 0. The van der Waals surface area contributed by atoms with Gasteiger partial charge in [-0.3, -0.25) is 0 Å². The van der Waals surface area contributed by atoms with Gasteiger partial charge in [0.15, 0.2) is 0 Å². The van der Waals surface area contributed by atoms with Gasteiger partial charge in [0, 0.05) is 11.8 Å². The Bertz CT molecular complexity index is 703. The lowest BCUT2D eigenvalue weighted by molar-refractivity contribution is -0.264. The Morgan fingerprint density at radius 1 is 0.938 bits per heavy atom. The number of hydrogen-bond acceptors (Lipinski definition) is 3. The molecule has 0 aromatic heterocycles. The molecule has 4 rings (SSSR count). The maximum absolute atomic E-state index is 11.6. The second kappa shape index (κ2) is 8.68. The van der Waals surface area contributed by atoms with E-state index >= 15 is 0 Å². The van der Waals surface area contributed by atoms with Crippen LogP contribution < -0.4 is 0 Å². The first-order chi connectivity index (χ1) is 15.0. The smallest absolute Gasteiger partial charge is 0.0985 e. The molecule has 0 spiro atoms. The quantitative estimate of drug-likeness (QED) is 0.456. The summed E-state index contributed by atoms with van der Waals surface area (Å²) >= 11 is 0. The van der Waals surface area contributed by atoms with Gasteiger partial charge >= 0.3 is 0 Å². The lowest BCUT2D eigenvalue weighted by atomic mass is 9.42. The molecule has 5 unspecified atom stereocenters. The molecule has 4 saturated carbocycles. The summed E-state index contributed by atoms with van der Waals surface area (Å²) in [7, 11) is 0. The first kappa shape index (κ1) is 24.7. The third kappa shape index (κ3) is 3.64. The van der Waals surface area contributed by atoms with E-state index in [4.69, 9.17) is 0 Å². The molecule has 3 N–H and O–H groups in total. The monoisotopic (exact) mass is 446 g/mol. The van der Waals surface area contributed by atoms with Crippen LogP contribution in [0.15, 0.2) is 12.2 Å². The summed E-state index contributed by atoms with van der Waals surface area (Å²) in [6, 6.07) is 0. The molecule has 0 aromatic rings. The first-order valence-electron chi connectivity index (χ1n) is 13.7. The minimum absolute atomic E-state index is 0.273. The topological polar surface area (TPSA) is 60.7 Å². The molecule has 11 atom stereocenters. The largest absolute Gasteiger partial charge is 0.393 e. The average Bonchev–Trinajstić information content (AvgIpc) is 3.08. The van der Waals surface area contributed by atoms with E-state index in [1.165, 1.54) is 25.7 Å². The molecule has 3 nitrogen and oxygen atoms in total. The zero-order valence-corrected chi connectivity index (χ0v) is 21.6. The number of allylic oxidation sites excluding steroid dienone is 2. The average molecular weight is 447 g/mol. The Hall–Kier alpha value is -0.380. The summed E-state index contributed by atoms with van der Waals surface area (Å²) in [6.07, 6.45) is 12.7. The molecule has 0 saturated heterocycles. The van der Waals surface area contributed by atoms with Crippen LogP contribution in [0.4, 0.5) is 0 Å². The van der Waals surface area contributed by atoms with Crippen LogP contribution in [0.5, 0.6) is 0 Å². The number of aliphatic hydroxyl groups is 3. The third-order valence-corrected chi connectivity index (χ3v) is 11.5. The third-order valence-electron chi connectivity index (χ3n) is 11.5. The minimum Gasteiger partial charge on any atom is -0.393 e. The molecule has 0 radical (unpaired) electrons. The lowest BCUT2D eigenvalue weighted by Gasteiger charge is -2.65. The minimum atomic E-state index is -1.13. The van der Waals surface area contributed by atoms with Crippen molar-refractivity contribution in [2.75, 3.05) is 0 Å². The number of rotatable bonds is 5. The fourth-order valence-electron chi connectivity index (χ4n) is 9.45. The Morgan fingerprint density at radius 2 is 1.66 bits per heavy atom. The van der Waals surface area contributed by atoms with E-state index in [1.54, 1.807) is 0 Å². The molecular weight excluding hydrogens is 396 g/mol. The summed E-state index contributed by atoms with van der Waals surface area (Å²) in [4.78, 5) is 0. The molecule has 4 fully saturated rings. The molecule has 0 aromatic carbocycles. The van der Waals surface area contributed by atoms with Crippen LogP contribution in [0.3, 0.4) is 0 Å². The van der Waals surface area contributed by atoms with E-state index < -0.39 is 17.8 Å². The van der Waals surface area contributed by atoms with Crippen molar-refractivity contribution in [1.29, 1.82) is 0 Å². The molecular formula is C29H50O3. The van der Waals surface area contributed by atoms with Gasteiger partial charge in [-0.05, 0) is 98.2 Å². The standard InChI is InChI=1S/C29H50O3/c1-7-20(18(2)3)9-8-19(4)23-10-11-24-22-16-26(31)29(32)17-21(30)12-15-28(29,6)25(22)13-14-27(23,24)5/h8-9,18-26,30-32H,7,10-17H2,1-6H3/b9-8+/t19-,20?,21+,22?,23?,24?,25?,26-,27-,28-,29+/m1/s1. The SMILES string of the molecule is CCC(/C=C/[C@@H](C)C1CCC2C3C[C@@H](O)[C@@]4(O)C[C@@H](O)CC[C@]4(C)C3CC[C@@]21C)C(C)C. The molecule has 4 aliphatic rings. The number of fused-ring (bicyclic) bond motifs is 5. The van der Waals surface area contributed by atoms with E-state index in [9.17, 15) is 15.3 Å². The van der Waals surface area contributed by atoms with E-state index in [1.807, 2.05) is 0 Å². The fourth-order valence-corrected chi connectivity index (χ4v) is 9.45. The van der Waals surface area contributed by atoms with Gasteiger partial charge in [-0.15, -0.1) is 0 Å². The number of hydrogen-bond donors (Lipinski definition) is 3. The zero-order chi connectivity index (χ0) is 23.5. The van der Waals surface area contributed by atoms with Crippen LogP contribution in [-0.4, -0.2) is 33.1 Å². The van der Waals surface area contributed by atoms with E-state index in [0.717, 1.165) is 19.3 Å². The molecule has 3 heteroatoms. The Kier molecular flexibility index (Phi) is 6.71. The fraction of sp³-hybridized carbons (Fsp3) is 0.931. The summed E-state index contributed by atoms with van der Waals surface area (Å²) in [5.74, 6) is 4.31. The van der Waals surface area contributed by atoms with E-state index in [0.29, 0.717) is 59.7 Å². The molecule has 4 aliphatic carbocycles. The number of aliphatic hydroxyl groups excluding tert-OH is 2. The Morgan fingerprint density at radius 3 is 2.31 bits per heavy atom. The van der Waals surface area contributed by atoms with Gasteiger partial charge in [0.05, 0.1) is 17.8 Å². The van der Waals surface area contributed by atoms with Crippen LogP contribution in [0.25, 0.3) is 0 Å². The van der Waals surface area contributed by atoms with Crippen LogP contribution in [0.1, 0.15) is 99.3 Å². The van der Waals surface area contributed by atoms with Crippen molar-refractivity contribution in [3.8, 4) is 0 Å². The predicted molar refractivity (Wildman–Crippen MR) is 131 cm³/mol. The van der Waals surface area contributed by atoms with Crippen LogP contribution >= 0.6 is 0 Å². The van der Waals surface area contributed by atoms with Crippen molar-refractivity contribution in [3.05, 3.63) is 12.2 Å². The maximum Gasteiger partial charge on any atom is 0.0985 e. The molecule has 184 valence electrons. The summed E-state index contributed by atoms with van der Waals surface area (Å²) in [6.45, 7) is 14.2. The van der Waals surface area contributed by atoms with Crippen molar-refractivity contribution in [3.63, 3.8) is 0 Å². The van der Waals surface area contributed by atoms with Crippen molar-refractivity contribution in [2.24, 2.45) is 52.3 Å². The van der Waals surface area contributed by atoms with E-state index in [2.05, 4.69) is 53.7 Å². The highest BCUT2D eigenvalue weighted by Crippen LogP contribution is 2.69. The van der Waals surface area contributed by atoms with Gasteiger partial charge in [-0.2, -0.15) is 0 Å². The van der Waals surface area contributed by atoms with Gasteiger partial charge in [-0.25, -0.2) is 0 Å². The molecule has 0 heterocycles. The summed E-state index contributed by atoms with van der Waals surface area (Å²) in [5, 5.41) is 33.2. The van der Waals surface area contributed by atoms with Crippen molar-refractivity contribution >= 4 is 0 Å². The van der Waals surface area contributed by atoms with Crippen LogP contribution in [0.2, 0.25) is 0 Å². The maximum atomic E-state index is 11.6. The van der Waals surface area contributed by atoms with Gasteiger partial charge < -0.3 is 15.3 Å². The first-order valence-corrected chi connectivity index (χ1v) is 13.7. The van der Waals surface area contributed by atoms with Gasteiger partial charge in [0.25, 0.3) is 0 Å². The highest BCUT2D eigenvalue weighted by molar-refractivity contribution is 5.17. The van der Waals surface area contributed by atoms with Crippen LogP contribution in [0, 0.1) is 52.3 Å². The van der Waals surface area contributed by atoms with Crippen molar-refractivity contribution in [2.45, 2.75) is 117 Å². The highest BCUT2D eigenvalue weighted by Gasteiger charge is 2.67. The summed E-state index contributed by atoms with van der Waals surface area (Å²) in [5.41, 5.74) is -1.06. The Balaban J connectivity index is 1.56. The Labute approximate surface area is 197 Å². The van der Waals surface area contributed by atoms with Gasteiger partial charge in [0.1, 0.15) is 0 Å². The second-order valence-corrected chi connectivity index (χ2v) is 13.2. The lowest BCUT2D eigenvalue weighted by Crippen LogP contribution is -2.68. The highest BCUT2D eigenvalue weighted by atomic mass is 16.3. The predicted octanol–water partition coefficient (Wildman–Crippen LogP) is 5.97. The molecule has 32 heavy (non-hydrogen) atoms.